The molecule has 2 aromatic rings. The number of hydrogen-bond acceptors (Lipinski definition) is 5. The van der Waals surface area contributed by atoms with Crippen molar-refractivity contribution >= 4 is 5.91 Å². The lowest BCUT2D eigenvalue weighted by Crippen LogP contribution is -2.38. The zero-order valence-electron chi connectivity index (χ0n) is 22.8. The molecule has 1 amide bonds. The number of allylic oxidation sites excluding steroid dienone is 2. The first-order valence-corrected chi connectivity index (χ1v) is 13.1. The SMILES string of the molecule is C#C/C=C(\C(CNC(=O)c1cc([C@@H]2CCNC[C@H]2COc2ccc3c(c2)OCO3)ccc1F)=C(/C)C(F)(F)F)C(F)(F)F. The number of carbonyl (C=O) groups excluding carboxylic acids is 1. The van der Waals surface area contributed by atoms with E-state index in [-0.39, 0.29) is 31.3 Å². The molecule has 0 spiro atoms. The highest BCUT2D eigenvalue weighted by Crippen LogP contribution is 2.38. The van der Waals surface area contributed by atoms with Crippen molar-refractivity contribution < 1.29 is 49.7 Å². The molecule has 1 saturated heterocycles. The Bertz CT molecular complexity index is 1460. The summed E-state index contributed by atoms with van der Waals surface area (Å²) in [6.45, 7) is 0.778. The molecule has 2 heterocycles. The fourth-order valence-corrected chi connectivity index (χ4v) is 4.94. The maximum Gasteiger partial charge on any atom is 0.417 e. The molecule has 1 fully saturated rings. The summed E-state index contributed by atoms with van der Waals surface area (Å²) in [4.78, 5) is 12.9. The Kier molecular flexibility index (Phi) is 9.59. The second-order valence-corrected chi connectivity index (χ2v) is 9.93. The van der Waals surface area contributed by atoms with Crippen molar-refractivity contribution in [3.05, 3.63) is 76.1 Å². The molecule has 0 unspecified atom stereocenters. The number of piperidine rings is 1. The Morgan fingerprint density at radius 1 is 1.12 bits per heavy atom. The highest BCUT2D eigenvalue weighted by Gasteiger charge is 2.41. The van der Waals surface area contributed by atoms with Crippen LogP contribution in [0.3, 0.4) is 0 Å². The summed E-state index contributed by atoms with van der Waals surface area (Å²) >= 11 is 0. The quantitative estimate of drug-likeness (QED) is 0.216. The van der Waals surface area contributed by atoms with Crippen molar-refractivity contribution in [2.24, 2.45) is 5.92 Å². The maximum absolute atomic E-state index is 14.8. The van der Waals surface area contributed by atoms with E-state index >= 15 is 0 Å². The molecule has 0 aliphatic carbocycles. The molecular formula is C30H27F7N2O4. The number of ether oxygens (including phenoxy) is 3. The number of fused-ring (bicyclic) bond motifs is 1. The molecule has 2 aliphatic heterocycles. The van der Waals surface area contributed by atoms with Gasteiger partial charge in [0.2, 0.25) is 6.79 Å². The predicted octanol–water partition coefficient (Wildman–Crippen LogP) is 6.06. The monoisotopic (exact) mass is 612 g/mol. The van der Waals surface area contributed by atoms with Gasteiger partial charge in [-0.3, -0.25) is 4.79 Å². The minimum absolute atomic E-state index is 0.110. The smallest absolute Gasteiger partial charge is 0.417 e. The molecule has 0 aromatic heterocycles. The second kappa shape index (κ2) is 13.0. The van der Waals surface area contributed by atoms with Crippen LogP contribution in [0.25, 0.3) is 0 Å². The normalized spacial score (nSPS) is 19.4. The molecule has 6 nitrogen and oxygen atoms in total. The largest absolute Gasteiger partial charge is 0.493 e. The second-order valence-electron chi connectivity index (χ2n) is 9.93. The van der Waals surface area contributed by atoms with Crippen LogP contribution in [0.4, 0.5) is 30.7 Å². The molecule has 230 valence electrons. The zero-order valence-corrected chi connectivity index (χ0v) is 22.8. The number of amides is 1. The topological polar surface area (TPSA) is 68.8 Å². The first kappa shape index (κ1) is 31.7. The Morgan fingerprint density at radius 3 is 2.56 bits per heavy atom. The van der Waals surface area contributed by atoms with Gasteiger partial charge in [0, 0.05) is 36.7 Å². The average Bonchev–Trinajstić information content (AvgIpc) is 3.43. The third-order valence-electron chi connectivity index (χ3n) is 7.24. The lowest BCUT2D eigenvalue weighted by atomic mass is 9.81. The van der Waals surface area contributed by atoms with Crippen molar-refractivity contribution in [2.75, 3.05) is 33.0 Å². The Morgan fingerprint density at radius 2 is 1.86 bits per heavy atom. The minimum Gasteiger partial charge on any atom is -0.493 e. The molecule has 4 rings (SSSR count). The molecule has 0 bridgehead atoms. The van der Waals surface area contributed by atoms with Crippen LogP contribution in [0.5, 0.6) is 17.2 Å². The molecule has 43 heavy (non-hydrogen) atoms. The van der Waals surface area contributed by atoms with Gasteiger partial charge in [0.1, 0.15) is 11.6 Å². The third-order valence-corrected chi connectivity index (χ3v) is 7.24. The molecule has 2 aliphatic rings. The summed E-state index contributed by atoms with van der Waals surface area (Å²) in [7, 11) is 0. The van der Waals surface area contributed by atoms with E-state index < -0.39 is 52.9 Å². The standard InChI is InChI=1S/C30H27F7N2O4/c1-3-4-24(30(35,36)37)23(17(2)29(32,33)34)14-39-28(40)22-11-18(5-7-25(22)31)21-9-10-38-13-19(21)15-41-20-6-8-26-27(12-20)43-16-42-26/h1,4-8,11-12,19,21,38H,9-10,13-16H2,2H3,(H,39,40)/b23-17+,24-4+/t19-,21-/m0/s1. The number of rotatable bonds is 8. The van der Waals surface area contributed by atoms with Crippen molar-refractivity contribution in [1.29, 1.82) is 0 Å². The first-order chi connectivity index (χ1) is 20.3. The molecule has 13 heteroatoms. The summed E-state index contributed by atoms with van der Waals surface area (Å²) in [6.07, 6.45) is -4.70. The Hall–Kier alpha value is -4.18. The number of carbonyl (C=O) groups is 1. The van der Waals surface area contributed by atoms with Gasteiger partial charge < -0.3 is 24.8 Å². The van der Waals surface area contributed by atoms with Crippen molar-refractivity contribution in [3.8, 4) is 29.6 Å². The van der Waals surface area contributed by atoms with Crippen LogP contribution in [0.1, 0.15) is 35.2 Å². The number of terminal acetylenes is 1. The summed E-state index contributed by atoms with van der Waals surface area (Å²) in [6, 6.07) is 8.93. The van der Waals surface area contributed by atoms with E-state index in [4.69, 9.17) is 20.6 Å². The minimum atomic E-state index is -5.24. The van der Waals surface area contributed by atoms with Gasteiger partial charge >= 0.3 is 12.4 Å². The van der Waals surface area contributed by atoms with Crippen LogP contribution in [0.2, 0.25) is 0 Å². The molecule has 2 N–H and O–H groups in total. The van der Waals surface area contributed by atoms with Crippen LogP contribution < -0.4 is 24.8 Å². The van der Waals surface area contributed by atoms with E-state index in [1.807, 2.05) is 5.32 Å². The van der Waals surface area contributed by atoms with Crippen molar-refractivity contribution in [2.45, 2.75) is 31.6 Å². The number of benzene rings is 2. The van der Waals surface area contributed by atoms with Gasteiger partial charge in [0.05, 0.1) is 17.7 Å². The lowest BCUT2D eigenvalue weighted by Gasteiger charge is -2.32. The van der Waals surface area contributed by atoms with Gasteiger partial charge in [-0.05, 0) is 61.2 Å². The maximum atomic E-state index is 14.8. The summed E-state index contributed by atoms with van der Waals surface area (Å²) < 4.78 is 112. The highest BCUT2D eigenvalue weighted by atomic mass is 19.4. The fraction of sp³-hybridized carbons (Fsp3) is 0.367. The van der Waals surface area contributed by atoms with Crippen LogP contribution in [-0.2, 0) is 0 Å². The Balaban J connectivity index is 1.53. The predicted molar refractivity (Wildman–Crippen MR) is 142 cm³/mol. The number of nitrogens with one attached hydrogen (secondary N) is 2. The molecular weight excluding hydrogens is 585 g/mol. The summed E-state index contributed by atoms with van der Waals surface area (Å²) in [5, 5.41) is 5.27. The number of hydrogen-bond donors (Lipinski definition) is 2. The average molecular weight is 613 g/mol. The van der Waals surface area contributed by atoms with Gasteiger partial charge in [0.15, 0.2) is 11.5 Å². The van der Waals surface area contributed by atoms with Crippen LogP contribution in [0, 0.1) is 24.1 Å². The van der Waals surface area contributed by atoms with E-state index in [9.17, 15) is 35.5 Å². The van der Waals surface area contributed by atoms with E-state index in [2.05, 4.69) is 5.32 Å². The number of halogens is 7. The van der Waals surface area contributed by atoms with Gasteiger partial charge in [-0.15, -0.1) is 6.42 Å². The zero-order chi connectivity index (χ0) is 31.4. The summed E-state index contributed by atoms with van der Waals surface area (Å²) in [5.41, 5.74) is -4.56. The summed E-state index contributed by atoms with van der Waals surface area (Å²) in [5.74, 6) is 0.789. The fourth-order valence-electron chi connectivity index (χ4n) is 4.94. The van der Waals surface area contributed by atoms with Gasteiger partial charge in [-0.25, -0.2) is 4.39 Å². The van der Waals surface area contributed by atoms with E-state index in [1.165, 1.54) is 12.1 Å². The van der Waals surface area contributed by atoms with Crippen molar-refractivity contribution in [3.63, 3.8) is 0 Å². The Labute approximate surface area is 242 Å². The van der Waals surface area contributed by atoms with Crippen LogP contribution in [0.15, 0.2) is 59.2 Å². The van der Waals surface area contributed by atoms with Crippen LogP contribution >= 0.6 is 0 Å². The van der Waals surface area contributed by atoms with Gasteiger partial charge in [0.25, 0.3) is 5.91 Å². The first-order valence-electron chi connectivity index (χ1n) is 13.1. The molecule has 2 aromatic carbocycles. The highest BCUT2D eigenvalue weighted by molar-refractivity contribution is 5.95. The van der Waals surface area contributed by atoms with Gasteiger partial charge in [-0.1, -0.05) is 12.0 Å². The third kappa shape index (κ3) is 7.62. The lowest BCUT2D eigenvalue weighted by molar-refractivity contribution is -0.0972. The number of alkyl halides is 6. The van der Waals surface area contributed by atoms with E-state index in [0.29, 0.717) is 49.2 Å². The van der Waals surface area contributed by atoms with E-state index in [0.717, 1.165) is 6.07 Å². The molecule has 0 radical (unpaired) electrons. The molecule has 0 saturated carbocycles. The van der Waals surface area contributed by atoms with E-state index in [1.54, 1.807) is 24.1 Å². The molecule has 2 atom stereocenters. The van der Waals surface area contributed by atoms with Crippen molar-refractivity contribution in [1.82, 2.24) is 10.6 Å². The van der Waals surface area contributed by atoms with Gasteiger partial charge in [-0.2, -0.15) is 26.3 Å². The van der Waals surface area contributed by atoms with Crippen LogP contribution in [-0.4, -0.2) is 51.3 Å².